The Bertz CT molecular complexity index is 919. The number of aryl methyl sites for hydroxylation is 1. The summed E-state index contributed by atoms with van der Waals surface area (Å²) >= 11 is 2.67. The van der Waals surface area contributed by atoms with Crippen LogP contribution in [0.3, 0.4) is 0 Å². The maximum Gasteiger partial charge on any atom is 0.271 e. The highest BCUT2D eigenvalue weighted by molar-refractivity contribution is 7.99. The van der Waals surface area contributed by atoms with Gasteiger partial charge in [0, 0.05) is 13.6 Å². The van der Waals surface area contributed by atoms with E-state index in [4.69, 9.17) is 0 Å². The molecular weight excluding hydrogens is 354 g/mol. The lowest BCUT2D eigenvalue weighted by atomic mass is 10.1. The number of nitrogens with one attached hydrogen (secondary N) is 1. The van der Waals surface area contributed by atoms with Crippen molar-refractivity contribution in [2.24, 2.45) is 7.05 Å². The third-order valence-corrected chi connectivity index (χ3v) is 5.71. The third-order valence-electron chi connectivity index (χ3n) is 3.79. The van der Waals surface area contributed by atoms with Gasteiger partial charge in [-0.15, -0.1) is 11.3 Å². The summed E-state index contributed by atoms with van der Waals surface area (Å²) in [7, 11) is 1.69. The average Bonchev–Trinajstić information content (AvgIpc) is 3.10. The molecule has 0 radical (unpaired) electrons. The van der Waals surface area contributed by atoms with Crippen LogP contribution in [0.1, 0.15) is 12.0 Å². The number of rotatable bonds is 7. The molecule has 130 valence electrons. The first-order valence-corrected chi connectivity index (χ1v) is 9.89. The molecule has 0 atom stereocenters. The molecule has 5 nitrogen and oxygen atoms in total. The molecule has 2 heterocycles. The number of nitrogens with zero attached hydrogens (tertiary/aromatic N) is 2. The van der Waals surface area contributed by atoms with Crippen LogP contribution in [0.2, 0.25) is 0 Å². The third kappa shape index (κ3) is 4.49. The maximum atomic E-state index is 12.2. The van der Waals surface area contributed by atoms with Crippen LogP contribution < -0.4 is 10.9 Å². The summed E-state index contributed by atoms with van der Waals surface area (Å²) in [6.07, 6.45) is 1.84. The van der Waals surface area contributed by atoms with Crippen LogP contribution >= 0.6 is 23.1 Å². The largest absolute Gasteiger partial charge is 0.355 e. The van der Waals surface area contributed by atoms with Crippen LogP contribution in [0, 0.1) is 0 Å². The molecule has 0 saturated carbocycles. The van der Waals surface area contributed by atoms with E-state index in [-0.39, 0.29) is 17.2 Å². The zero-order chi connectivity index (χ0) is 17.6. The fourth-order valence-corrected chi connectivity index (χ4v) is 4.05. The Hall–Kier alpha value is -2.12. The van der Waals surface area contributed by atoms with Crippen molar-refractivity contribution in [3.63, 3.8) is 0 Å². The monoisotopic (exact) mass is 373 g/mol. The lowest BCUT2D eigenvalue weighted by Gasteiger charge is -2.08. The molecule has 0 aliphatic heterocycles. The van der Waals surface area contributed by atoms with Gasteiger partial charge >= 0.3 is 0 Å². The summed E-state index contributed by atoms with van der Waals surface area (Å²) < 4.78 is 2.16. The molecule has 0 aliphatic rings. The van der Waals surface area contributed by atoms with E-state index in [9.17, 15) is 9.59 Å². The van der Waals surface area contributed by atoms with Gasteiger partial charge in [0.1, 0.15) is 4.70 Å². The summed E-state index contributed by atoms with van der Waals surface area (Å²) in [5.41, 5.74) is 1.90. The molecule has 25 heavy (non-hydrogen) atoms. The topological polar surface area (TPSA) is 64.0 Å². The number of hydrogen-bond acceptors (Lipinski definition) is 5. The summed E-state index contributed by atoms with van der Waals surface area (Å²) in [4.78, 5) is 28.7. The zero-order valence-corrected chi connectivity index (χ0v) is 15.5. The van der Waals surface area contributed by atoms with Crippen LogP contribution in [-0.2, 0) is 18.3 Å². The van der Waals surface area contributed by atoms with Crippen LogP contribution in [0.15, 0.2) is 51.7 Å². The van der Waals surface area contributed by atoms with Crippen LogP contribution in [0.4, 0.5) is 0 Å². The van der Waals surface area contributed by atoms with E-state index in [2.05, 4.69) is 22.4 Å². The summed E-state index contributed by atoms with van der Waals surface area (Å²) in [6.45, 7) is 0.643. The summed E-state index contributed by atoms with van der Waals surface area (Å²) in [5, 5.41) is 5.34. The predicted octanol–water partition coefficient (Wildman–Crippen LogP) is 2.84. The van der Waals surface area contributed by atoms with Crippen LogP contribution in [0.5, 0.6) is 0 Å². The predicted molar refractivity (Wildman–Crippen MR) is 103 cm³/mol. The number of carbonyl (C=O) groups excluding carboxylic acids is 1. The maximum absolute atomic E-state index is 12.2. The number of amides is 1. The van der Waals surface area contributed by atoms with Gasteiger partial charge in [0.05, 0.1) is 11.3 Å². The highest BCUT2D eigenvalue weighted by Crippen LogP contribution is 2.19. The van der Waals surface area contributed by atoms with Crippen molar-refractivity contribution in [3.8, 4) is 0 Å². The highest BCUT2D eigenvalue weighted by atomic mass is 32.2. The van der Waals surface area contributed by atoms with Gasteiger partial charge in [0.25, 0.3) is 5.56 Å². The Balaban J connectivity index is 1.48. The van der Waals surface area contributed by atoms with E-state index in [1.807, 2.05) is 29.6 Å². The molecule has 0 unspecified atom stereocenters. The molecule has 0 fully saturated rings. The molecule has 0 bridgehead atoms. The van der Waals surface area contributed by atoms with Gasteiger partial charge in [0.2, 0.25) is 5.91 Å². The molecule has 3 aromatic rings. The number of aromatic nitrogens is 2. The van der Waals surface area contributed by atoms with Crippen molar-refractivity contribution in [1.82, 2.24) is 14.9 Å². The number of hydrogen-bond donors (Lipinski definition) is 1. The Morgan fingerprint density at radius 1 is 1.28 bits per heavy atom. The first-order valence-electron chi connectivity index (χ1n) is 8.03. The normalized spacial score (nSPS) is 10.9. The first kappa shape index (κ1) is 17.7. The van der Waals surface area contributed by atoms with Gasteiger partial charge < -0.3 is 5.32 Å². The van der Waals surface area contributed by atoms with E-state index in [1.165, 1.54) is 33.2 Å². The number of fused-ring (bicyclic) bond motifs is 1. The van der Waals surface area contributed by atoms with Gasteiger partial charge in [-0.3, -0.25) is 14.2 Å². The molecule has 0 saturated heterocycles. The van der Waals surface area contributed by atoms with Gasteiger partial charge in [0.15, 0.2) is 5.16 Å². The molecule has 0 spiro atoms. The fraction of sp³-hybridized carbons (Fsp3) is 0.278. The summed E-state index contributed by atoms with van der Waals surface area (Å²) in [6, 6.07) is 12.0. The van der Waals surface area contributed by atoms with Crippen molar-refractivity contribution < 1.29 is 4.79 Å². The minimum absolute atomic E-state index is 0.0438. The van der Waals surface area contributed by atoms with Gasteiger partial charge in [-0.2, -0.15) is 0 Å². The first-order chi connectivity index (χ1) is 12.1. The Labute approximate surface area is 154 Å². The Morgan fingerprint density at radius 3 is 2.88 bits per heavy atom. The number of carbonyl (C=O) groups is 1. The smallest absolute Gasteiger partial charge is 0.271 e. The van der Waals surface area contributed by atoms with E-state index < -0.39 is 0 Å². The summed E-state index contributed by atoms with van der Waals surface area (Å²) in [5.74, 6) is 0.207. The molecule has 1 aromatic carbocycles. The average molecular weight is 374 g/mol. The second-order valence-corrected chi connectivity index (χ2v) is 7.48. The zero-order valence-electron chi connectivity index (χ0n) is 13.9. The van der Waals surface area contributed by atoms with Crippen molar-refractivity contribution in [1.29, 1.82) is 0 Å². The van der Waals surface area contributed by atoms with E-state index >= 15 is 0 Å². The van der Waals surface area contributed by atoms with Crippen LogP contribution in [0.25, 0.3) is 10.2 Å². The van der Waals surface area contributed by atoms with Crippen molar-refractivity contribution in [2.75, 3.05) is 12.3 Å². The second kappa shape index (κ2) is 8.31. The van der Waals surface area contributed by atoms with Crippen molar-refractivity contribution >= 4 is 39.2 Å². The molecule has 7 heteroatoms. The second-order valence-electron chi connectivity index (χ2n) is 5.62. The lowest BCUT2D eigenvalue weighted by Crippen LogP contribution is -2.27. The van der Waals surface area contributed by atoms with E-state index in [0.717, 1.165) is 12.8 Å². The number of thioether (sulfide) groups is 1. The minimum Gasteiger partial charge on any atom is -0.355 e. The standard InChI is InChI=1S/C18H19N3O2S2/c1-21-17(23)16-14(9-11-24-16)20-18(21)25-12-15(22)19-10-5-8-13-6-3-2-4-7-13/h2-4,6-7,9,11H,5,8,10,12H2,1H3,(H,19,22). The Morgan fingerprint density at radius 2 is 2.08 bits per heavy atom. The number of benzene rings is 1. The fourth-order valence-electron chi connectivity index (χ4n) is 2.44. The van der Waals surface area contributed by atoms with Crippen molar-refractivity contribution in [3.05, 3.63) is 57.7 Å². The van der Waals surface area contributed by atoms with E-state index in [1.54, 1.807) is 7.05 Å². The van der Waals surface area contributed by atoms with Crippen molar-refractivity contribution in [2.45, 2.75) is 18.0 Å². The van der Waals surface area contributed by atoms with Gasteiger partial charge in [-0.25, -0.2) is 4.98 Å². The molecule has 3 rings (SSSR count). The van der Waals surface area contributed by atoms with Gasteiger partial charge in [-0.1, -0.05) is 42.1 Å². The molecular formula is C18H19N3O2S2. The molecule has 0 aliphatic carbocycles. The highest BCUT2D eigenvalue weighted by Gasteiger charge is 2.11. The quantitative estimate of drug-likeness (QED) is 0.393. The molecule has 2 aromatic heterocycles. The van der Waals surface area contributed by atoms with Gasteiger partial charge in [-0.05, 0) is 29.9 Å². The molecule has 1 N–H and O–H groups in total. The molecule has 1 amide bonds. The van der Waals surface area contributed by atoms with Crippen LogP contribution in [-0.4, -0.2) is 27.8 Å². The minimum atomic E-state index is -0.0641. The SMILES string of the molecule is Cn1c(SCC(=O)NCCCc2ccccc2)nc2ccsc2c1=O. The van der Waals surface area contributed by atoms with E-state index in [0.29, 0.717) is 21.9 Å². The lowest BCUT2D eigenvalue weighted by molar-refractivity contribution is -0.118. The Kier molecular flexibility index (Phi) is 5.88. The number of thiophene rings is 1.